The molecule has 3 aromatic rings. The minimum atomic E-state index is -0.195. The molecule has 1 fully saturated rings. The highest BCUT2D eigenvalue weighted by molar-refractivity contribution is 5.84. The molecule has 142 valence electrons. The first-order valence-electron chi connectivity index (χ1n) is 9.85. The van der Waals surface area contributed by atoms with E-state index < -0.39 is 0 Å². The van der Waals surface area contributed by atoms with E-state index >= 15 is 0 Å². The molecule has 0 aliphatic carbocycles. The van der Waals surface area contributed by atoms with Crippen LogP contribution in [0.25, 0.3) is 0 Å². The van der Waals surface area contributed by atoms with E-state index in [2.05, 4.69) is 34.1 Å². The number of carbonyl (C=O) groups excluding carboxylic acids is 1. The highest BCUT2D eigenvalue weighted by Gasteiger charge is 2.29. The number of piperazine rings is 1. The van der Waals surface area contributed by atoms with Gasteiger partial charge in [0.2, 0.25) is 5.91 Å². The Morgan fingerprint density at radius 1 is 0.821 bits per heavy atom. The van der Waals surface area contributed by atoms with Crippen LogP contribution in [0.5, 0.6) is 0 Å². The highest BCUT2D eigenvalue weighted by atomic mass is 16.2. The number of para-hydroxylation sites is 1. The number of aromatic nitrogens is 1. The predicted molar refractivity (Wildman–Crippen MR) is 112 cm³/mol. The van der Waals surface area contributed by atoms with Gasteiger partial charge in [-0.1, -0.05) is 54.6 Å². The first kappa shape index (κ1) is 18.2. The van der Waals surface area contributed by atoms with Crippen LogP contribution in [-0.2, 0) is 11.2 Å². The van der Waals surface area contributed by atoms with Gasteiger partial charge in [-0.15, -0.1) is 0 Å². The van der Waals surface area contributed by atoms with Crippen molar-refractivity contribution in [3.05, 3.63) is 96.3 Å². The second kappa shape index (κ2) is 8.70. The van der Waals surface area contributed by atoms with Gasteiger partial charge in [-0.3, -0.25) is 9.78 Å². The van der Waals surface area contributed by atoms with Gasteiger partial charge >= 0.3 is 0 Å². The molecule has 1 aliphatic heterocycles. The van der Waals surface area contributed by atoms with Gasteiger partial charge in [-0.05, 0) is 29.8 Å². The van der Waals surface area contributed by atoms with Crippen LogP contribution in [0.2, 0.25) is 0 Å². The van der Waals surface area contributed by atoms with Crippen molar-refractivity contribution in [2.45, 2.75) is 12.3 Å². The zero-order valence-electron chi connectivity index (χ0n) is 15.9. The first-order chi connectivity index (χ1) is 13.8. The fourth-order valence-corrected chi connectivity index (χ4v) is 3.81. The van der Waals surface area contributed by atoms with E-state index in [1.165, 1.54) is 5.69 Å². The quantitative estimate of drug-likeness (QED) is 0.685. The summed E-state index contributed by atoms with van der Waals surface area (Å²) in [6, 6.07) is 26.4. The Morgan fingerprint density at radius 3 is 2.11 bits per heavy atom. The van der Waals surface area contributed by atoms with Crippen molar-refractivity contribution < 1.29 is 4.79 Å². The topological polar surface area (TPSA) is 36.4 Å². The summed E-state index contributed by atoms with van der Waals surface area (Å²) in [6.07, 6.45) is 2.42. The van der Waals surface area contributed by atoms with Gasteiger partial charge < -0.3 is 9.80 Å². The average molecular weight is 371 g/mol. The van der Waals surface area contributed by atoms with Crippen LogP contribution < -0.4 is 4.90 Å². The maximum atomic E-state index is 13.4. The molecule has 0 bridgehead atoms. The molecule has 1 unspecified atom stereocenters. The monoisotopic (exact) mass is 371 g/mol. The Labute approximate surface area is 166 Å². The second-order valence-corrected chi connectivity index (χ2v) is 7.14. The van der Waals surface area contributed by atoms with Gasteiger partial charge in [0.15, 0.2) is 0 Å². The van der Waals surface area contributed by atoms with Gasteiger partial charge in [0.25, 0.3) is 0 Å². The molecular weight excluding hydrogens is 346 g/mol. The summed E-state index contributed by atoms with van der Waals surface area (Å²) in [7, 11) is 0. The number of anilines is 1. The lowest BCUT2D eigenvalue weighted by Crippen LogP contribution is -2.50. The van der Waals surface area contributed by atoms with Crippen molar-refractivity contribution in [2.75, 3.05) is 31.1 Å². The first-order valence-corrected chi connectivity index (χ1v) is 9.85. The molecule has 1 amide bonds. The van der Waals surface area contributed by atoms with Crippen LogP contribution in [0.4, 0.5) is 5.69 Å². The van der Waals surface area contributed by atoms with E-state index in [0.717, 1.165) is 37.4 Å². The molecule has 2 aromatic carbocycles. The lowest BCUT2D eigenvalue weighted by Gasteiger charge is -2.37. The molecule has 4 rings (SSSR count). The fourth-order valence-electron chi connectivity index (χ4n) is 3.81. The predicted octanol–water partition coefficient (Wildman–Crippen LogP) is 3.76. The fraction of sp³-hybridized carbons (Fsp3) is 0.250. The zero-order valence-corrected chi connectivity index (χ0v) is 15.9. The molecule has 4 nitrogen and oxygen atoms in total. The standard InChI is InChI=1S/C24H25N3O/c28-24(27-17-15-26(16-18-27)22-12-5-2-6-13-22)23(20-9-3-1-4-10-20)19-21-11-7-8-14-25-21/h1-14,23H,15-19H2. The van der Waals surface area contributed by atoms with Crippen molar-refractivity contribution in [1.29, 1.82) is 0 Å². The molecule has 0 saturated carbocycles. The van der Waals surface area contributed by atoms with Crippen LogP contribution in [0, 0.1) is 0 Å². The lowest BCUT2D eigenvalue weighted by atomic mass is 9.92. The molecule has 2 heterocycles. The molecule has 0 radical (unpaired) electrons. The molecule has 28 heavy (non-hydrogen) atoms. The summed E-state index contributed by atoms with van der Waals surface area (Å²) < 4.78 is 0. The van der Waals surface area contributed by atoms with Crippen LogP contribution in [0.1, 0.15) is 17.2 Å². The molecule has 4 heteroatoms. The lowest BCUT2D eigenvalue weighted by molar-refractivity contribution is -0.133. The third-order valence-electron chi connectivity index (χ3n) is 5.35. The van der Waals surface area contributed by atoms with Gasteiger partial charge in [0, 0.05) is 50.2 Å². The van der Waals surface area contributed by atoms with E-state index in [9.17, 15) is 4.79 Å². The van der Waals surface area contributed by atoms with E-state index in [-0.39, 0.29) is 11.8 Å². The third-order valence-corrected chi connectivity index (χ3v) is 5.35. The number of hydrogen-bond donors (Lipinski definition) is 0. The number of benzene rings is 2. The van der Waals surface area contributed by atoms with Crippen LogP contribution >= 0.6 is 0 Å². The van der Waals surface area contributed by atoms with Gasteiger partial charge in [0.1, 0.15) is 0 Å². The molecule has 1 aliphatic rings. The Kier molecular flexibility index (Phi) is 5.66. The maximum Gasteiger partial charge on any atom is 0.230 e. The Hall–Kier alpha value is -3.14. The van der Waals surface area contributed by atoms with E-state index in [1.807, 2.05) is 59.5 Å². The summed E-state index contributed by atoms with van der Waals surface area (Å²) in [6.45, 7) is 3.22. The van der Waals surface area contributed by atoms with Crippen LogP contribution in [-0.4, -0.2) is 42.0 Å². The Bertz CT molecular complexity index is 875. The normalized spacial score (nSPS) is 15.3. The van der Waals surface area contributed by atoms with Crippen molar-refractivity contribution in [3.63, 3.8) is 0 Å². The summed E-state index contributed by atoms with van der Waals surface area (Å²) >= 11 is 0. The van der Waals surface area contributed by atoms with E-state index in [0.29, 0.717) is 6.42 Å². The summed E-state index contributed by atoms with van der Waals surface area (Å²) in [4.78, 5) is 22.2. The number of carbonyl (C=O) groups is 1. The largest absolute Gasteiger partial charge is 0.368 e. The van der Waals surface area contributed by atoms with E-state index in [1.54, 1.807) is 6.20 Å². The minimum Gasteiger partial charge on any atom is -0.368 e. The molecule has 0 spiro atoms. The zero-order chi connectivity index (χ0) is 19.2. The van der Waals surface area contributed by atoms with E-state index in [4.69, 9.17) is 0 Å². The SMILES string of the molecule is O=C(C(Cc1ccccn1)c1ccccc1)N1CCN(c2ccccc2)CC1. The summed E-state index contributed by atoms with van der Waals surface area (Å²) in [5, 5.41) is 0. The van der Waals surface area contributed by atoms with Crippen molar-refractivity contribution in [1.82, 2.24) is 9.88 Å². The highest BCUT2D eigenvalue weighted by Crippen LogP contribution is 2.24. The Balaban J connectivity index is 1.48. The smallest absolute Gasteiger partial charge is 0.230 e. The van der Waals surface area contributed by atoms with Gasteiger partial charge in [0.05, 0.1) is 5.92 Å². The summed E-state index contributed by atoms with van der Waals surface area (Å²) in [5.41, 5.74) is 3.24. The minimum absolute atomic E-state index is 0.195. The van der Waals surface area contributed by atoms with Gasteiger partial charge in [-0.25, -0.2) is 0 Å². The second-order valence-electron chi connectivity index (χ2n) is 7.14. The van der Waals surface area contributed by atoms with Crippen molar-refractivity contribution >= 4 is 11.6 Å². The number of amides is 1. The molecule has 1 atom stereocenters. The van der Waals surface area contributed by atoms with Gasteiger partial charge in [-0.2, -0.15) is 0 Å². The maximum absolute atomic E-state index is 13.4. The molecule has 0 N–H and O–H groups in total. The van der Waals surface area contributed by atoms with Crippen molar-refractivity contribution in [3.8, 4) is 0 Å². The molecular formula is C24H25N3O. The van der Waals surface area contributed by atoms with Crippen LogP contribution in [0.3, 0.4) is 0 Å². The average Bonchev–Trinajstić information content (AvgIpc) is 2.79. The van der Waals surface area contributed by atoms with Crippen molar-refractivity contribution in [2.24, 2.45) is 0 Å². The number of rotatable bonds is 5. The number of nitrogens with zero attached hydrogens (tertiary/aromatic N) is 3. The Morgan fingerprint density at radius 2 is 1.46 bits per heavy atom. The van der Waals surface area contributed by atoms with Crippen LogP contribution in [0.15, 0.2) is 85.1 Å². The molecule has 1 saturated heterocycles. The molecule has 1 aromatic heterocycles. The number of hydrogen-bond acceptors (Lipinski definition) is 3. The number of pyridine rings is 1. The summed E-state index contributed by atoms with van der Waals surface area (Å²) in [5.74, 6) is 0.00365. The third kappa shape index (κ3) is 4.22.